The van der Waals surface area contributed by atoms with E-state index in [-0.39, 0.29) is 23.5 Å². The summed E-state index contributed by atoms with van der Waals surface area (Å²) in [5.74, 6) is -0.728. The minimum absolute atomic E-state index is 0.0626. The second kappa shape index (κ2) is 11.3. The van der Waals surface area contributed by atoms with Crippen LogP contribution < -0.4 is 0 Å². The van der Waals surface area contributed by atoms with Crippen molar-refractivity contribution in [3.8, 4) is 0 Å². The van der Waals surface area contributed by atoms with Gasteiger partial charge >= 0.3 is 38.9 Å². The van der Waals surface area contributed by atoms with Gasteiger partial charge in [0, 0.05) is 5.92 Å². The molecule has 0 saturated carbocycles. The van der Waals surface area contributed by atoms with Crippen LogP contribution in [0.15, 0.2) is 0 Å². The molecule has 0 unspecified atom stereocenters. The van der Waals surface area contributed by atoms with Gasteiger partial charge in [-0.15, -0.1) is 0 Å². The zero-order valence-electron chi connectivity index (χ0n) is 15.6. The molecule has 0 aromatic carbocycles. The Hall–Kier alpha value is -0.306. The Bertz CT molecular complexity index is 368. The molecule has 0 aromatic heterocycles. The summed E-state index contributed by atoms with van der Waals surface area (Å²) in [6, 6.07) is 0. The molecule has 0 spiro atoms. The van der Waals surface area contributed by atoms with Crippen molar-refractivity contribution in [1.29, 1.82) is 0 Å². The number of ketones is 1. The second-order valence-electron chi connectivity index (χ2n) is 7.06. The van der Waals surface area contributed by atoms with Crippen molar-refractivity contribution in [1.82, 2.24) is 0 Å². The quantitative estimate of drug-likeness (QED) is 0.302. The molecule has 0 aromatic rings. The van der Waals surface area contributed by atoms with Crippen molar-refractivity contribution in [2.75, 3.05) is 0 Å². The summed E-state index contributed by atoms with van der Waals surface area (Å²) in [4.78, 5) is 24.6. The Kier molecular flexibility index (Phi) is 12.2. The van der Waals surface area contributed by atoms with Crippen LogP contribution in [0.1, 0.15) is 67.2 Å². The maximum absolute atomic E-state index is 12.8. The Labute approximate surface area is 150 Å². The molecule has 144 valence electrons. The molecule has 24 heavy (non-hydrogen) atoms. The third-order valence-electron chi connectivity index (χ3n) is 3.75. The van der Waals surface area contributed by atoms with Gasteiger partial charge in [-0.2, -0.15) is 0 Å². The molecule has 0 amide bonds. The first-order chi connectivity index (χ1) is 10.7. The molecule has 0 atom stereocenters. The van der Waals surface area contributed by atoms with Crippen molar-refractivity contribution in [2.45, 2.75) is 67.2 Å². The average Bonchev–Trinajstić information content (AvgIpc) is 2.35. The van der Waals surface area contributed by atoms with E-state index in [0.717, 1.165) is 12.8 Å². The van der Waals surface area contributed by atoms with E-state index in [2.05, 4.69) is 0 Å². The molecule has 0 aliphatic heterocycles. The fourth-order valence-electron chi connectivity index (χ4n) is 3.01. The number of Topliss-reactive ketones (excluding diaryl/α,β-unsaturated/α-hetero) is 1. The summed E-state index contributed by atoms with van der Waals surface area (Å²) in [6.45, 7) is 11.9. The number of carboxylic acids is 1. The van der Waals surface area contributed by atoms with Crippen LogP contribution in [0.4, 0.5) is 0 Å². The monoisotopic (exact) mass is 386 g/mol. The van der Waals surface area contributed by atoms with Gasteiger partial charge in [-0.05, 0) is 37.5 Å². The van der Waals surface area contributed by atoms with E-state index < -0.39 is 29.5 Å². The van der Waals surface area contributed by atoms with Gasteiger partial charge in [-0.3, -0.25) is 9.59 Å². The Morgan fingerprint density at radius 2 is 1.17 bits per heavy atom. The van der Waals surface area contributed by atoms with Crippen molar-refractivity contribution in [3.05, 3.63) is 0 Å². The number of hydrogen-bond acceptors (Lipinski definition) is 6. The normalized spacial score (nSPS) is 12.4. The Balaban J connectivity index is 0. The zero-order chi connectivity index (χ0) is 19.7. The molecule has 0 rings (SSSR count). The Morgan fingerprint density at radius 1 is 0.875 bits per heavy atom. The van der Waals surface area contributed by atoms with Gasteiger partial charge < -0.3 is 5.11 Å². The summed E-state index contributed by atoms with van der Waals surface area (Å²) in [5.41, 5.74) is -1.20. The van der Waals surface area contributed by atoms with Crippen molar-refractivity contribution in [3.63, 3.8) is 0 Å². The molecule has 0 fully saturated rings. The van der Waals surface area contributed by atoms with Gasteiger partial charge in [0.25, 0.3) is 0 Å². The van der Waals surface area contributed by atoms with E-state index in [9.17, 15) is 14.7 Å². The molecule has 0 heterocycles. The van der Waals surface area contributed by atoms with E-state index >= 15 is 0 Å². The zero-order valence-corrected chi connectivity index (χ0v) is 17.2. The summed E-state index contributed by atoms with van der Waals surface area (Å²) < 4.78 is 29.5. The van der Waals surface area contributed by atoms with Crippen molar-refractivity contribution < 1.29 is 47.6 Å². The van der Waals surface area contributed by atoms with Crippen LogP contribution in [-0.2, 0) is 27.7 Å². The topological polar surface area (TPSA) is 135 Å². The molecule has 0 aliphatic carbocycles. The first kappa shape index (κ1) is 25.9. The number of hydrogen-bond donors (Lipinski definition) is 5. The van der Waals surface area contributed by atoms with Crippen LogP contribution in [0.3, 0.4) is 0 Å². The molecule has 0 saturated heterocycles. The summed E-state index contributed by atoms with van der Waals surface area (Å²) in [6.07, 6.45) is 2.33. The predicted molar refractivity (Wildman–Crippen MR) is 86.9 cm³/mol. The SMILES string of the molecule is CCC(CC)C(=O)C(CC(C)C)(CC(C)C)C(=O)O.[OH][Ti]([OH])([OH])[OH]. The van der Waals surface area contributed by atoms with Gasteiger partial charge in [0.05, 0.1) is 0 Å². The third kappa shape index (κ3) is 10.5. The molecule has 0 radical (unpaired) electrons. The van der Waals surface area contributed by atoms with Crippen LogP contribution in [0.25, 0.3) is 0 Å². The van der Waals surface area contributed by atoms with E-state index in [0.29, 0.717) is 12.8 Å². The molecule has 8 heteroatoms. The fraction of sp³-hybridized carbons (Fsp3) is 0.875. The summed E-state index contributed by atoms with van der Waals surface area (Å²) in [7, 11) is 0. The van der Waals surface area contributed by atoms with E-state index in [1.807, 2.05) is 41.5 Å². The molecular weight excluding hydrogens is 352 g/mol. The van der Waals surface area contributed by atoms with Crippen LogP contribution in [-0.4, -0.2) is 31.6 Å². The maximum atomic E-state index is 12.8. The van der Waals surface area contributed by atoms with Crippen LogP contribution in [0, 0.1) is 23.2 Å². The van der Waals surface area contributed by atoms with Crippen LogP contribution >= 0.6 is 0 Å². The predicted octanol–water partition coefficient (Wildman–Crippen LogP) is 1.92. The van der Waals surface area contributed by atoms with Gasteiger partial charge in [0.1, 0.15) is 5.41 Å². The fourth-order valence-corrected chi connectivity index (χ4v) is 3.01. The minimum atomic E-state index is -5.00. The summed E-state index contributed by atoms with van der Waals surface area (Å²) in [5, 5.41) is 9.71. The molecule has 5 N–H and O–H groups in total. The van der Waals surface area contributed by atoms with E-state index in [4.69, 9.17) is 14.8 Å². The Morgan fingerprint density at radius 3 is 1.33 bits per heavy atom. The number of aliphatic carboxylic acids is 1. The van der Waals surface area contributed by atoms with Crippen LogP contribution in [0.2, 0.25) is 0 Å². The molecular formula is C16H34O7Ti. The number of carboxylic acid groups (broad SMARTS) is 1. The number of rotatable bonds is 9. The molecule has 7 nitrogen and oxygen atoms in total. The van der Waals surface area contributed by atoms with Gasteiger partial charge in [-0.25, -0.2) is 0 Å². The molecule has 0 aliphatic rings. The average molecular weight is 386 g/mol. The van der Waals surface area contributed by atoms with Gasteiger partial charge in [0.15, 0.2) is 5.78 Å². The summed E-state index contributed by atoms with van der Waals surface area (Å²) >= 11 is -5.00. The number of carbonyl (C=O) groups is 2. The molecule has 0 bridgehead atoms. The first-order valence-electron chi connectivity index (χ1n) is 8.38. The van der Waals surface area contributed by atoms with E-state index in [1.54, 1.807) is 0 Å². The first-order valence-corrected chi connectivity index (χ1v) is 11.2. The van der Waals surface area contributed by atoms with Gasteiger partial charge in [0.2, 0.25) is 0 Å². The van der Waals surface area contributed by atoms with Crippen molar-refractivity contribution in [2.24, 2.45) is 23.2 Å². The van der Waals surface area contributed by atoms with E-state index in [1.165, 1.54) is 0 Å². The van der Waals surface area contributed by atoms with Gasteiger partial charge in [-0.1, -0.05) is 41.5 Å². The second-order valence-corrected chi connectivity index (χ2v) is 8.93. The number of carbonyl (C=O) groups excluding carboxylic acids is 1. The van der Waals surface area contributed by atoms with Crippen LogP contribution in [0.5, 0.6) is 0 Å². The third-order valence-corrected chi connectivity index (χ3v) is 3.75. The standard InChI is InChI=1S/C16H30O3.4H2O.Ti/c1-7-13(8-2)14(17)16(15(18)19,9-11(3)4)10-12(5)6;;;;;/h11-13H,7-10H2,1-6H3,(H,18,19);4*1H2;/q;;;;;+4/p-4. The van der Waals surface area contributed by atoms with Crippen molar-refractivity contribution >= 4 is 11.8 Å².